The smallest absolute Gasteiger partial charge is 0.288 e. The van der Waals surface area contributed by atoms with Gasteiger partial charge in [0.1, 0.15) is 12.9 Å². The average Bonchev–Trinajstić information content (AvgIpc) is 2.07. The molecule has 0 aliphatic rings. The Balaban J connectivity index is 2.74. The Morgan fingerprint density at radius 1 is 1.69 bits per heavy atom. The van der Waals surface area contributed by atoms with Crippen molar-refractivity contribution in [3.63, 3.8) is 0 Å². The van der Waals surface area contributed by atoms with Crippen molar-refractivity contribution in [1.29, 1.82) is 0 Å². The first kappa shape index (κ1) is 9.31. The molecule has 5 nitrogen and oxygen atoms in total. The van der Waals surface area contributed by atoms with Crippen molar-refractivity contribution in [1.82, 2.24) is 0 Å². The Labute approximate surface area is 73.6 Å². The van der Waals surface area contributed by atoms with E-state index < -0.39 is 11.2 Å². The van der Waals surface area contributed by atoms with Crippen LogP contribution in [-0.2, 0) is 4.79 Å². The molecule has 0 bridgehead atoms. The Hall–Kier alpha value is -1.78. The number of rotatable bonds is 3. The first-order valence-corrected chi connectivity index (χ1v) is 3.53. The highest BCUT2D eigenvalue weighted by Gasteiger charge is 2.03. The summed E-state index contributed by atoms with van der Waals surface area (Å²) in [5.41, 5.74) is -0.607. The zero-order valence-corrected chi connectivity index (χ0v) is 6.94. The normalized spacial score (nSPS) is 9.62. The minimum Gasteiger partial charge on any atom is -0.502 e. The minimum atomic E-state index is -0.607. The van der Waals surface area contributed by atoms with E-state index in [1.807, 2.05) is 0 Å². The van der Waals surface area contributed by atoms with Gasteiger partial charge in [0, 0.05) is 0 Å². The first-order valence-electron chi connectivity index (χ1n) is 3.53. The van der Waals surface area contributed by atoms with Gasteiger partial charge >= 0.3 is 0 Å². The van der Waals surface area contributed by atoms with Crippen molar-refractivity contribution in [3.05, 3.63) is 22.6 Å². The Kier molecular flexibility index (Phi) is 2.69. The van der Waals surface area contributed by atoms with Gasteiger partial charge in [0.05, 0.1) is 6.07 Å². The molecule has 0 fully saturated rings. The van der Waals surface area contributed by atoms with Gasteiger partial charge in [0.25, 0.3) is 5.95 Å². The predicted molar refractivity (Wildman–Crippen MR) is 42.8 cm³/mol. The molecule has 1 heterocycles. The summed E-state index contributed by atoms with van der Waals surface area (Å²) in [6.45, 7) is 1.19. The molecule has 0 aliphatic heterocycles. The number of ether oxygens (including phenoxy) is 1. The maximum Gasteiger partial charge on any atom is 0.288 e. The third-order valence-electron chi connectivity index (χ3n) is 1.21. The number of carbonyl (C=O) groups is 1. The van der Waals surface area contributed by atoms with Gasteiger partial charge in [0.15, 0.2) is 11.5 Å². The van der Waals surface area contributed by atoms with Gasteiger partial charge in [-0.25, -0.2) is 0 Å². The molecule has 70 valence electrons. The van der Waals surface area contributed by atoms with Crippen LogP contribution in [0.1, 0.15) is 6.92 Å². The molecular formula is C8H8O5. The number of aromatic hydroxyl groups is 1. The molecule has 0 saturated heterocycles. The summed E-state index contributed by atoms with van der Waals surface area (Å²) in [6, 6.07) is 0.971. The van der Waals surface area contributed by atoms with E-state index in [2.05, 4.69) is 4.42 Å². The van der Waals surface area contributed by atoms with E-state index in [1.165, 1.54) is 6.92 Å². The minimum absolute atomic E-state index is 0.0852. The summed E-state index contributed by atoms with van der Waals surface area (Å²) in [5, 5.41) is 8.79. The van der Waals surface area contributed by atoms with E-state index in [9.17, 15) is 9.59 Å². The fourth-order valence-electron chi connectivity index (χ4n) is 0.635. The number of hydrogen-bond acceptors (Lipinski definition) is 5. The molecule has 0 saturated carbocycles. The van der Waals surface area contributed by atoms with Crippen molar-refractivity contribution in [2.75, 3.05) is 6.61 Å². The Morgan fingerprint density at radius 3 is 2.92 bits per heavy atom. The SMILES string of the molecule is CC(=O)COc1cc(=O)c(O)co1. The topological polar surface area (TPSA) is 76.7 Å². The molecule has 0 spiro atoms. The molecule has 0 unspecified atom stereocenters. The van der Waals surface area contributed by atoms with Crippen LogP contribution in [-0.4, -0.2) is 17.5 Å². The molecule has 1 aromatic rings. The van der Waals surface area contributed by atoms with E-state index in [0.717, 1.165) is 12.3 Å². The first-order chi connectivity index (χ1) is 6.09. The van der Waals surface area contributed by atoms with Gasteiger partial charge in [-0.15, -0.1) is 0 Å². The van der Waals surface area contributed by atoms with Crippen LogP contribution in [0.25, 0.3) is 0 Å². The summed E-state index contributed by atoms with van der Waals surface area (Å²) < 4.78 is 9.44. The second-order valence-electron chi connectivity index (χ2n) is 2.44. The summed E-state index contributed by atoms with van der Waals surface area (Å²) in [7, 11) is 0. The lowest BCUT2D eigenvalue weighted by Crippen LogP contribution is -2.08. The standard InChI is InChI=1S/C8H8O5/c1-5(9)3-12-8-2-6(10)7(11)4-13-8/h2,4,11H,3H2,1H3. The summed E-state index contributed by atoms with van der Waals surface area (Å²) >= 11 is 0. The zero-order valence-electron chi connectivity index (χ0n) is 6.94. The third-order valence-corrected chi connectivity index (χ3v) is 1.21. The lowest BCUT2D eigenvalue weighted by atomic mass is 10.4. The molecule has 1 N–H and O–H groups in total. The third kappa shape index (κ3) is 2.62. The maximum atomic E-state index is 10.8. The Morgan fingerprint density at radius 2 is 2.38 bits per heavy atom. The summed E-state index contributed by atoms with van der Waals surface area (Å²) in [4.78, 5) is 21.3. The van der Waals surface area contributed by atoms with Crippen molar-refractivity contribution in [2.24, 2.45) is 0 Å². The summed E-state index contributed by atoms with van der Waals surface area (Å²) in [5.74, 6) is -0.760. The van der Waals surface area contributed by atoms with Crippen LogP contribution >= 0.6 is 0 Å². The average molecular weight is 184 g/mol. The van der Waals surface area contributed by atoms with Crippen molar-refractivity contribution in [3.8, 4) is 11.7 Å². The highest BCUT2D eigenvalue weighted by atomic mass is 16.6. The van der Waals surface area contributed by atoms with Gasteiger partial charge in [-0.05, 0) is 6.92 Å². The van der Waals surface area contributed by atoms with Crippen LogP contribution in [0.5, 0.6) is 11.7 Å². The van der Waals surface area contributed by atoms with Crippen molar-refractivity contribution < 1.29 is 19.1 Å². The molecule has 13 heavy (non-hydrogen) atoms. The molecular weight excluding hydrogens is 176 g/mol. The molecule has 0 aromatic carbocycles. The van der Waals surface area contributed by atoms with Gasteiger partial charge in [-0.2, -0.15) is 0 Å². The van der Waals surface area contributed by atoms with Gasteiger partial charge in [-0.3, -0.25) is 9.59 Å². The van der Waals surface area contributed by atoms with E-state index >= 15 is 0 Å². The zero-order chi connectivity index (χ0) is 9.84. The van der Waals surface area contributed by atoms with Crippen LogP contribution in [0, 0.1) is 0 Å². The van der Waals surface area contributed by atoms with Gasteiger partial charge in [0.2, 0.25) is 5.43 Å². The number of ketones is 1. The van der Waals surface area contributed by atoms with E-state index in [0.29, 0.717) is 0 Å². The highest BCUT2D eigenvalue weighted by Crippen LogP contribution is 2.10. The lowest BCUT2D eigenvalue weighted by molar-refractivity contribution is -0.119. The van der Waals surface area contributed by atoms with E-state index in [1.54, 1.807) is 0 Å². The van der Waals surface area contributed by atoms with Crippen LogP contribution in [0.3, 0.4) is 0 Å². The van der Waals surface area contributed by atoms with Crippen LogP contribution in [0.2, 0.25) is 0 Å². The second-order valence-corrected chi connectivity index (χ2v) is 2.44. The number of carbonyl (C=O) groups excluding carboxylic acids is 1. The molecule has 1 aromatic heterocycles. The monoisotopic (exact) mass is 184 g/mol. The molecule has 1 rings (SSSR count). The fourth-order valence-corrected chi connectivity index (χ4v) is 0.635. The van der Waals surface area contributed by atoms with Crippen LogP contribution < -0.4 is 10.2 Å². The largest absolute Gasteiger partial charge is 0.502 e. The second kappa shape index (κ2) is 3.75. The maximum absolute atomic E-state index is 10.8. The predicted octanol–water partition coefficient (Wildman–Crippen LogP) is 0.313. The molecule has 0 radical (unpaired) electrons. The van der Waals surface area contributed by atoms with Crippen molar-refractivity contribution in [2.45, 2.75) is 6.92 Å². The highest BCUT2D eigenvalue weighted by molar-refractivity contribution is 5.76. The van der Waals surface area contributed by atoms with Crippen LogP contribution in [0.4, 0.5) is 0 Å². The number of Topliss-reactive ketones (excluding diaryl/α,β-unsaturated/α-hetero) is 1. The van der Waals surface area contributed by atoms with E-state index in [4.69, 9.17) is 9.84 Å². The van der Waals surface area contributed by atoms with Gasteiger partial charge < -0.3 is 14.3 Å². The quantitative estimate of drug-likeness (QED) is 0.731. The van der Waals surface area contributed by atoms with Gasteiger partial charge in [-0.1, -0.05) is 0 Å². The lowest BCUT2D eigenvalue weighted by Gasteiger charge is -2.00. The molecule has 0 atom stereocenters. The Bertz CT molecular complexity index is 365. The number of hydrogen-bond donors (Lipinski definition) is 1. The van der Waals surface area contributed by atoms with Crippen LogP contribution in [0.15, 0.2) is 21.5 Å². The molecule has 0 aliphatic carbocycles. The molecule has 5 heteroatoms. The fraction of sp³-hybridized carbons (Fsp3) is 0.250. The molecule has 0 amide bonds. The summed E-state index contributed by atoms with van der Waals surface area (Å²) in [6.07, 6.45) is 0.859. The van der Waals surface area contributed by atoms with E-state index in [-0.39, 0.29) is 18.3 Å². The van der Waals surface area contributed by atoms with Crippen molar-refractivity contribution >= 4 is 5.78 Å².